The first-order chi connectivity index (χ1) is 10.7. The minimum Gasteiger partial charge on any atom is -0.297 e. The highest BCUT2D eigenvalue weighted by Gasteiger charge is 2.19. The summed E-state index contributed by atoms with van der Waals surface area (Å²) in [4.78, 5) is 4.14. The minimum atomic E-state index is -2.24. The topological polar surface area (TPSA) is 24.3 Å². The molecule has 0 N–H and O–H groups in total. The predicted molar refractivity (Wildman–Crippen MR) is 81.3 cm³/mol. The second-order valence-corrected chi connectivity index (χ2v) is 5.59. The summed E-state index contributed by atoms with van der Waals surface area (Å²) in [5.74, 6) is 0. The molecule has 2 heterocycles. The second kappa shape index (κ2) is 6.98. The van der Waals surface area contributed by atoms with E-state index in [1.54, 1.807) is 6.20 Å². The molecule has 1 aliphatic heterocycles. The van der Waals surface area contributed by atoms with Gasteiger partial charge in [0.15, 0.2) is 0 Å². The molecular formula is C16H20F2N4. The first kappa shape index (κ1) is 15.1. The summed E-state index contributed by atoms with van der Waals surface area (Å²) in [6.07, 6.45) is 1.44. The minimum absolute atomic E-state index is 0.109. The molecule has 0 bridgehead atoms. The molecule has 0 saturated carbocycles. The summed E-state index contributed by atoms with van der Waals surface area (Å²) in [6.45, 7) is 3.82. The molecule has 1 aromatic heterocycles. The maximum atomic E-state index is 12.4. The van der Waals surface area contributed by atoms with Gasteiger partial charge in [0.25, 0.3) is 6.43 Å². The molecule has 1 aromatic carbocycles. The molecule has 2 aromatic rings. The Labute approximate surface area is 128 Å². The number of alkyl halides is 2. The Kier molecular flexibility index (Phi) is 4.80. The van der Waals surface area contributed by atoms with Gasteiger partial charge in [-0.2, -0.15) is 5.10 Å². The fraction of sp³-hybridized carbons (Fsp3) is 0.438. The molecule has 4 nitrogen and oxygen atoms in total. The Morgan fingerprint density at radius 1 is 1.05 bits per heavy atom. The zero-order valence-corrected chi connectivity index (χ0v) is 12.4. The van der Waals surface area contributed by atoms with Crippen LogP contribution >= 0.6 is 0 Å². The van der Waals surface area contributed by atoms with Crippen molar-refractivity contribution in [2.45, 2.75) is 13.0 Å². The van der Waals surface area contributed by atoms with Crippen LogP contribution in [0.1, 0.15) is 5.56 Å². The van der Waals surface area contributed by atoms with E-state index in [0.717, 1.165) is 25.3 Å². The lowest BCUT2D eigenvalue weighted by Gasteiger charge is -2.34. The molecule has 0 unspecified atom stereocenters. The van der Waals surface area contributed by atoms with E-state index < -0.39 is 6.43 Å². The predicted octanol–water partition coefficient (Wildman–Crippen LogP) is 2.25. The van der Waals surface area contributed by atoms with Crippen LogP contribution in [0.15, 0.2) is 42.7 Å². The summed E-state index contributed by atoms with van der Waals surface area (Å²) in [5.41, 5.74) is 2.26. The monoisotopic (exact) mass is 306 g/mol. The zero-order valence-electron chi connectivity index (χ0n) is 12.4. The molecule has 1 fully saturated rings. The van der Waals surface area contributed by atoms with Crippen LogP contribution in [-0.4, -0.2) is 58.7 Å². The molecule has 3 rings (SSSR count). The third kappa shape index (κ3) is 3.90. The fourth-order valence-electron chi connectivity index (χ4n) is 2.80. The van der Waals surface area contributed by atoms with Gasteiger partial charge in [0.05, 0.1) is 12.2 Å². The molecule has 0 amide bonds. The van der Waals surface area contributed by atoms with Gasteiger partial charge in [-0.15, -0.1) is 0 Å². The molecule has 118 valence electrons. The molecular weight excluding hydrogens is 286 g/mol. The van der Waals surface area contributed by atoms with Crippen molar-refractivity contribution in [2.24, 2.45) is 0 Å². The Morgan fingerprint density at radius 3 is 2.50 bits per heavy atom. The third-order valence-corrected chi connectivity index (χ3v) is 3.95. The number of hydrogen-bond acceptors (Lipinski definition) is 3. The highest BCUT2D eigenvalue weighted by atomic mass is 19.3. The van der Waals surface area contributed by atoms with Gasteiger partial charge < -0.3 is 0 Å². The Hall–Kier alpha value is -1.79. The van der Waals surface area contributed by atoms with Crippen molar-refractivity contribution in [3.8, 4) is 5.69 Å². The summed E-state index contributed by atoms with van der Waals surface area (Å²) in [7, 11) is 0. The van der Waals surface area contributed by atoms with Crippen molar-refractivity contribution >= 4 is 0 Å². The van der Waals surface area contributed by atoms with Crippen LogP contribution in [0.4, 0.5) is 8.78 Å². The smallest absolute Gasteiger partial charge is 0.251 e. The van der Waals surface area contributed by atoms with Gasteiger partial charge in [-0.1, -0.05) is 12.1 Å². The lowest BCUT2D eigenvalue weighted by atomic mass is 10.1. The quantitative estimate of drug-likeness (QED) is 0.847. The van der Waals surface area contributed by atoms with Gasteiger partial charge in [-0.05, 0) is 23.8 Å². The van der Waals surface area contributed by atoms with Gasteiger partial charge in [-0.25, -0.2) is 13.5 Å². The summed E-state index contributed by atoms with van der Waals surface area (Å²) in [6, 6.07) is 10.2. The number of hydrogen-bond donors (Lipinski definition) is 0. The van der Waals surface area contributed by atoms with E-state index in [2.05, 4.69) is 22.1 Å². The molecule has 6 heteroatoms. The van der Waals surface area contributed by atoms with Crippen LogP contribution in [0.5, 0.6) is 0 Å². The van der Waals surface area contributed by atoms with Gasteiger partial charge in [-0.3, -0.25) is 9.80 Å². The summed E-state index contributed by atoms with van der Waals surface area (Å²) >= 11 is 0. The fourth-order valence-corrected chi connectivity index (χ4v) is 2.80. The number of benzene rings is 1. The van der Waals surface area contributed by atoms with Crippen LogP contribution in [0.3, 0.4) is 0 Å². The molecule has 0 aliphatic carbocycles. The first-order valence-corrected chi connectivity index (χ1v) is 7.52. The number of halogens is 2. The van der Waals surface area contributed by atoms with Gasteiger partial charge in [0.2, 0.25) is 0 Å². The van der Waals surface area contributed by atoms with Gasteiger partial charge in [0.1, 0.15) is 0 Å². The van der Waals surface area contributed by atoms with Crippen molar-refractivity contribution in [1.82, 2.24) is 19.6 Å². The van der Waals surface area contributed by atoms with Crippen molar-refractivity contribution in [2.75, 3.05) is 32.7 Å². The van der Waals surface area contributed by atoms with Crippen molar-refractivity contribution < 1.29 is 8.78 Å². The number of aromatic nitrogens is 2. The van der Waals surface area contributed by atoms with Crippen LogP contribution < -0.4 is 0 Å². The van der Waals surface area contributed by atoms with E-state index in [0.29, 0.717) is 13.1 Å². The average molecular weight is 306 g/mol. The van der Waals surface area contributed by atoms with Crippen molar-refractivity contribution in [3.63, 3.8) is 0 Å². The normalized spacial score (nSPS) is 17.2. The number of rotatable bonds is 5. The average Bonchev–Trinajstić information content (AvgIpc) is 3.03. The summed E-state index contributed by atoms with van der Waals surface area (Å²) in [5, 5.41) is 4.24. The van der Waals surface area contributed by atoms with Crippen LogP contribution in [0.2, 0.25) is 0 Å². The Bertz CT molecular complexity index is 578. The van der Waals surface area contributed by atoms with E-state index in [1.807, 2.05) is 34.0 Å². The lowest BCUT2D eigenvalue weighted by Crippen LogP contribution is -2.47. The zero-order chi connectivity index (χ0) is 15.4. The molecule has 1 aliphatic rings. The maximum Gasteiger partial charge on any atom is 0.251 e. The Morgan fingerprint density at radius 2 is 1.82 bits per heavy atom. The van der Waals surface area contributed by atoms with E-state index in [-0.39, 0.29) is 6.54 Å². The first-order valence-electron chi connectivity index (χ1n) is 7.52. The number of piperazine rings is 1. The van der Waals surface area contributed by atoms with Crippen LogP contribution in [0.25, 0.3) is 5.69 Å². The van der Waals surface area contributed by atoms with E-state index in [9.17, 15) is 8.78 Å². The standard InChI is InChI=1S/C16H20F2N4/c17-16(18)13-21-9-7-20(8-10-21)12-14-3-1-4-15(11-14)22-6-2-5-19-22/h1-6,11,16H,7-10,12-13H2. The van der Waals surface area contributed by atoms with E-state index in [1.165, 1.54) is 5.56 Å². The highest BCUT2D eigenvalue weighted by Crippen LogP contribution is 2.13. The molecule has 0 atom stereocenters. The Balaban J connectivity index is 1.57. The number of nitrogens with zero attached hydrogens (tertiary/aromatic N) is 4. The van der Waals surface area contributed by atoms with Gasteiger partial charge >= 0.3 is 0 Å². The van der Waals surface area contributed by atoms with Crippen LogP contribution in [-0.2, 0) is 6.54 Å². The largest absolute Gasteiger partial charge is 0.297 e. The third-order valence-electron chi connectivity index (χ3n) is 3.95. The SMILES string of the molecule is FC(F)CN1CCN(Cc2cccc(-n3cccn3)c2)CC1. The van der Waals surface area contributed by atoms with E-state index in [4.69, 9.17) is 0 Å². The second-order valence-electron chi connectivity index (χ2n) is 5.59. The molecule has 0 spiro atoms. The summed E-state index contributed by atoms with van der Waals surface area (Å²) < 4.78 is 26.6. The van der Waals surface area contributed by atoms with Crippen molar-refractivity contribution in [1.29, 1.82) is 0 Å². The molecule has 22 heavy (non-hydrogen) atoms. The highest BCUT2D eigenvalue weighted by molar-refractivity contribution is 5.35. The molecule has 1 saturated heterocycles. The lowest BCUT2D eigenvalue weighted by molar-refractivity contribution is 0.0543. The molecule has 0 radical (unpaired) electrons. The maximum absolute atomic E-state index is 12.4. The van der Waals surface area contributed by atoms with Gasteiger partial charge in [0, 0.05) is 45.1 Å². The van der Waals surface area contributed by atoms with Crippen molar-refractivity contribution in [3.05, 3.63) is 48.3 Å². The van der Waals surface area contributed by atoms with E-state index >= 15 is 0 Å². The van der Waals surface area contributed by atoms with Crippen LogP contribution in [0, 0.1) is 0 Å².